The highest BCUT2D eigenvalue weighted by molar-refractivity contribution is 5.57. The van der Waals surface area contributed by atoms with Crippen molar-refractivity contribution in [2.24, 2.45) is 5.11 Å². The second-order valence-electron chi connectivity index (χ2n) is 3.27. The van der Waals surface area contributed by atoms with Gasteiger partial charge >= 0.3 is 0 Å². The van der Waals surface area contributed by atoms with Gasteiger partial charge < -0.3 is 0 Å². The molecule has 0 aliphatic rings. The molecule has 1 rings (SSSR count). The van der Waals surface area contributed by atoms with Crippen molar-refractivity contribution in [3.05, 3.63) is 51.2 Å². The summed E-state index contributed by atoms with van der Waals surface area (Å²) < 4.78 is 13.0. The Morgan fingerprint density at radius 3 is 2.53 bits per heavy atom. The molecule has 0 amide bonds. The molecule has 0 N–H and O–H groups in total. The lowest BCUT2D eigenvalue weighted by atomic mass is 10.0. The van der Waals surface area contributed by atoms with Gasteiger partial charge in [-0.1, -0.05) is 17.3 Å². The van der Waals surface area contributed by atoms with Gasteiger partial charge in [-0.25, -0.2) is 4.39 Å². The van der Waals surface area contributed by atoms with Gasteiger partial charge in [0, 0.05) is 11.5 Å². The van der Waals surface area contributed by atoms with Gasteiger partial charge in [0.2, 0.25) is 0 Å². The zero-order chi connectivity index (χ0) is 11.3. The standard InChI is InChI=1S/C11H12FN3/c1-8-6-10(12)7-9(2)11(8)4-3-5-14-15-13/h3-4,6-7H,5H2,1-2H3. The second kappa shape index (κ2) is 5.17. The van der Waals surface area contributed by atoms with Crippen LogP contribution in [0.15, 0.2) is 23.3 Å². The number of hydrogen-bond donors (Lipinski definition) is 0. The predicted molar refractivity (Wildman–Crippen MR) is 58.9 cm³/mol. The van der Waals surface area contributed by atoms with Gasteiger partial charge in [0.15, 0.2) is 0 Å². The van der Waals surface area contributed by atoms with Gasteiger partial charge in [-0.3, -0.25) is 0 Å². The lowest BCUT2D eigenvalue weighted by Gasteiger charge is -2.04. The number of rotatable bonds is 3. The number of hydrogen-bond acceptors (Lipinski definition) is 1. The van der Waals surface area contributed by atoms with Crippen molar-refractivity contribution >= 4 is 6.08 Å². The molecule has 15 heavy (non-hydrogen) atoms. The van der Waals surface area contributed by atoms with Crippen LogP contribution in [0.1, 0.15) is 16.7 Å². The number of halogens is 1. The van der Waals surface area contributed by atoms with E-state index < -0.39 is 0 Å². The quantitative estimate of drug-likeness (QED) is 0.410. The molecule has 0 aromatic heterocycles. The molecule has 0 spiro atoms. The fourth-order valence-electron chi connectivity index (χ4n) is 1.44. The maximum Gasteiger partial charge on any atom is 0.123 e. The van der Waals surface area contributed by atoms with Crippen LogP contribution >= 0.6 is 0 Å². The van der Waals surface area contributed by atoms with Crippen molar-refractivity contribution in [3.8, 4) is 0 Å². The van der Waals surface area contributed by atoms with E-state index in [-0.39, 0.29) is 5.82 Å². The summed E-state index contributed by atoms with van der Waals surface area (Å²) in [5.74, 6) is -0.225. The molecule has 0 aliphatic heterocycles. The SMILES string of the molecule is Cc1cc(F)cc(C)c1C=CCN=[N+]=[N-]. The number of nitrogens with zero attached hydrogens (tertiary/aromatic N) is 3. The fraction of sp³-hybridized carbons (Fsp3) is 0.273. The van der Waals surface area contributed by atoms with Crippen molar-refractivity contribution in [1.82, 2.24) is 0 Å². The lowest BCUT2D eigenvalue weighted by Crippen LogP contribution is -1.89. The first-order chi connectivity index (χ1) is 7.15. The first kappa shape index (κ1) is 11.3. The Kier molecular flexibility index (Phi) is 3.89. The van der Waals surface area contributed by atoms with Crippen LogP contribution < -0.4 is 0 Å². The van der Waals surface area contributed by atoms with E-state index in [0.29, 0.717) is 6.54 Å². The van der Waals surface area contributed by atoms with Gasteiger partial charge in [-0.2, -0.15) is 0 Å². The van der Waals surface area contributed by atoms with Crippen LogP contribution in [0.25, 0.3) is 16.5 Å². The minimum absolute atomic E-state index is 0.225. The normalized spacial score (nSPS) is 10.3. The monoisotopic (exact) mass is 205 g/mol. The summed E-state index contributed by atoms with van der Waals surface area (Å²) in [4.78, 5) is 2.64. The van der Waals surface area contributed by atoms with Crippen LogP contribution in [0.4, 0.5) is 4.39 Å². The molecule has 4 heteroatoms. The van der Waals surface area contributed by atoms with Gasteiger partial charge in [0.25, 0.3) is 0 Å². The van der Waals surface area contributed by atoms with E-state index in [4.69, 9.17) is 5.53 Å². The van der Waals surface area contributed by atoms with Crippen LogP contribution in [0.3, 0.4) is 0 Å². The summed E-state index contributed by atoms with van der Waals surface area (Å²) in [6.45, 7) is 4.01. The summed E-state index contributed by atoms with van der Waals surface area (Å²) in [7, 11) is 0. The Morgan fingerprint density at radius 2 is 2.00 bits per heavy atom. The first-order valence-corrected chi connectivity index (χ1v) is 4.59. The zero-order valence-corrected chi connectivity index (χ0v) is 8.74. The second-order valence-corrected chi connectivity index (χ2v) is 3.27. The first-order valence-electron chi connectivity index (χ1n) is 4.59. The summed E-state index contributed by atoms with van der Waals surface area (Å²) >= 11 is 0. The highest BCUT2D eigenvalue weighted by Gasteiger charge is 2.01. The molecule has 1 aromatic rings. The Bertz CT molecular complexity index is 408. The average Bonchev–Trinajstić information content (AvgIpc) is 2.15. The fourth-order valence-corrected chi connectivity index (χ4v) is 1.44. The van der Waals surface area contributed by atoms with Gasteiger partial charge in [-0.05, 0) is 48.2 Å². The number of benzene rings is 1. The molecule has 0 saturated heterocycles. The van der Waals surface area contributed by atoms with Crippen molar-refractivity contribution in [2.45, 2.75) is 13.8 Å². The average molecular weight is 205 g/mol. The molecule has 0 fully saturated rings. The van der Waals surface area contributed by atoms with E-state index in [0.717, 1.165) is 16.7 Å². The third-order valence-electron chi connectivity index (χ3n) is 2.09. The molecular weight excluding hydrogens is 193 g/mol. The highest BCUT2D eigenvalue weighted by atomic mass is 19.1. The van der Waals surface area contributed by atoms with E-state index >= 15 is 0 Å². The van der Waals surface area contributed by atoms with Crippen molar-refractivity contribution in [3.63, 3.8) is 0 Å². The molecule has 0 heterocycles. The van der Waals surface area contributed by atoms with Gasteiger partial charge in [0.1, 0.15) is 5.82 Å². The summed E-state index contributed by atoms with van der Waals surface area (Å²) in [5.41, 5.74) is 10.8. The topological polar surface area (TPSA) is 48.8 Å². The van der Waals surface area contributed by atoms with E-state index in [1.54, 1.807) is 6.08 Å². The van der Waals surface area contributed by atoms with Crippen molar-refractivity contribution in [2.75, 3.05) is 6.54 Å². The Labute approximate surface area is 87.9 Å². The maximum absolute atomic E-state index is 13.0. The molecule has 0 radical (unpaired) electrons. The number of aryl methyl sites for hydroxylation is 2. The Morgan fingerprint density at radius 1 is 1.40 bits per heavy atom. The lowest BCUT2D eigenvalue weighted by molar-refractivity contribution is 0.625. The van der Waals surface area contributed by atoms with Crippen LogP contribution in [0.2, 0.25) is 0 Å². The zero-order valence-electron chi connectivity index (χ0n) is 8.74. The van der Waals surface area contributed by atoms with E-state index in [2.05, 4.69) is 10.0 Å². The van der Waals surface area contributed by atoms with Crippen LogP contribution in [0, 0.1) is 19.7 Å². The number of azide groups is 1. The van der Waals surface area contributed by atoms with Gasteiger partial charge in [0.05, 0.1) is 0 Å². The predicted octanol–water partition coefficient (Wildman–Crippen LogP) is 3.77. The van der Waals surface area contributed by atoms with E-state index in [9.17, 15) is 4.39 Å². The summed E-state index contributed by atoms with van der Waals surface area (Å²) in [6.07, 6.45) is 3.60. The molecule has 0 saturated carbocycles. The van der Waals surface area contributed by atoms with Crippen LogP contribution in [-0.2, 0) is 0 Å². The van der Waals surface area contributed by atoms with Gasteiger partial charge in [-0.15, -0.1) is 0 Å². The summed E-state index contributed by atoms with van der Waals surface area (Å²) in [6, 6.07) is 2.97. The molecule has 3 nitrogen and oxygen atoms in total. The largest absolute Gasteiger partial charge is 0.207 e. The maximum atomic E-state index is 13.0. The molecule has 0 bridgehead atoms. The molecule has 0 aliphatic carbocycles. The molecule has 0 atom stereocenters. The molecular formula is C11H12FN3. The molecule has 78 valence electrons. The van der Waals surface area contributed by atoms with E-state index in [1.165, 1.54) is 12.1 Å². The minimum atomic E-state index is -0.225. The summed E-state index contributed by atoms with van der Waals surface area (Å²) in [5, 5.41) is 3.38. The third-order valence-corrected chi connectivity index (χ3v) is 2.09. The van der Waals surface area contributed by atoms with Crippen molar-refractivity contribution in [1.29, 1.82) is 0 Å². The Balaban J connectivity index is 2.94. The minimum Gasteiger partial charge on any atom is -0.207 e. The van der Waals surface area contributed by atoms with E-state index in [1.807, 2.05) is 19.9 Å². The van der Waals surface area contributed by atoms with Crippen LogP contribution in [-0.4, -0.2) is 6.54 Å². The van der Waals surface area contributed by atoms with Crippen LogP contribution in [0.5, 0.6) is 0 Å². The molecule has 1 aromatic carbocycles. The Hall–Kier alpha value is -1.80. The third kappa shape index (κ3) is 3.11. The smallest absolute Gasteiger partial charge is 0.123 e. The molecule has 0 unspecified atom stereocenters. The van der Waals surface area contributed by atoms with Crippen molar-refractivity contribution < 1.29 is 4.39 Å². The highest BCUT2D eigenvalue weighted by Crippen LogP contribution is 2.17.